The Kier molecular flexibility index (Phi) is 4.48. The smallest absolute Gasteiger partial charge is 0.273 e. The van der Waals surface area contributed by atoms with Crippen LogP contribution in [0.25, 0.3) is 22.0 Å². The molecule has 5 rings (SSSR count). The normalized spacial score (nSPS) is 12.7. The van der Waals surface area contributed by atoms with Gasteiger partial charge in [0, 0.05) is 28.6 Å². The molecule has 0 amide bonds. The number of fused-ring (bicyclic) bond motifs is 2. The van der Waals surface area contributed by atoms with Gasteiger partial charge in [0.2, 0.25) is 0 Å². The van der Waals surface area contributed by atoms with Crippen LogP contribution >= 0.6 is 0 Å². The molecule has 1 aliphatic rings. The highest BCUT2D eigenvalue weighted by molar-refractivity contribution is 5.95. The van der Waals surface area contributed by atoms with E-state index < -0.39 is 0 Å². The summed E-state index contributed by atoms with van der Waals surface area (Å²) in [5, 5.41) is 4.36. The third-order valence-electron chi connectivity index (χ3n) is 5.04. The predicted molar refractivity (Wildman–Crippen MR) is 111 cm³/mol. The van der Waals surface area contributed by atoms with Crippen molar-refractivity contribution in [3.05, 3.63) is 84.2 Å². The van der Waals surface area contributed by atoms with Gasteiger partial charge in [-0.2, -0.15) is 0 Å². The Morgan fingerprint density at radius 2 is 1.59 bits per heavy atom. The van der Waals surface area contributed by atoms with E-state index in [2.05, 4.69) is 28.5 Å². The Morgan fingerprint density at radius 3 is 2.38 bits per heavy atom. The SMILES string of the molecule is Fc1ccccc1CNc1cc(-c2ccccc2)c2cc3c(cc2[nH+]1)OCCO3. The number of anilines is 1. The van der Waals surface area contributed by atoms with Crippen LogP contribution in [-0.2, 0) is 6.54 Å². The third-order valence-corrected chi connectivity index (χ3v) is 5.04. The Morgan fingerprint density at radius 1 is 0.862 bits per heavy atom. The Labute approximate surface area is 167 Å². The number of hydrogen-bond acceptors (Lipinski definition) is 3. The maximum Gasteiger partial charge on any atom is 0.273 e. The topological polar surface area (TPSA) is 44.6 Å². The number of H-pyrrole nitrogens is 1. The van der Waals surface area contributed by atoms with E-state index in [0.717, 1.165) is 39.3 Å². The molecule has 4 nitrogen and oxygen atoms in total. The molecule has 0 unspecified atom stereocenters. The first-order valence-electron chi connectivity index (χ1n) is 9.60. The number of nitrogens with one attached hydrogen (secondary N) is 2. The van der Waals surface area contributed by atoms with Crippen LogP contribution in [0.3, 0.4) is 0 Å². The maximum atomic E-state index is 14.0. The second-order valence-corrected chi connectivity index (χ2v) is 6.95. The number of ether oxygens (including phenoxy) is 2. The monoisotopic (exact) mass is 387 g/mol. The molecular formula is C24H20FN2O2+. The molecular weight excluding hydrogens is 367 g/mol. The summed E-state index contributed by atoms with van der Waals surface area (Å²) in [6.45, 7) is 1.47. The molecule has 0 bridgehead atoms. The van der Waals surface area contributed by atoms with Gasteiger partial charge < -0.3 is 9.47 Å². The molecule has 3 aromatic carbocycles. The fourth-order valence-electron chi connectivity index (χ4n) is 3.60. The molecule has 29 heavy (non-hydrogen) atoms. The van der Waals surface area contributed by atoms with E-state index in [1.54, 1.807) is 12.1 Å². The molecule has 0 saturated heterocycles. The van der Waals surface area contributed by atoms with Gasteiger partial charge >= 0.3 is 0 Å². The van der Waals surface area contributed by atoms with Gasteiger partial charge in [0.05, 0.1) is 0 Å². The number of halogens is 1. The van der Waals surface area contributed by atoms with Crippen molar-refractivity contribution in [1.82, 2.24) is 0 Å². The fraction of sp³-hybridized carbons (Fsp3) is 0.125. The van der Waals surface area contributed by atoms with Crippen molar-refractivity contribution >= 4 is 16.7 Å². The minimum absolute atomic E-state index is 0.219. The summed E-state index contributed by atoms with van der Waals surface area (Å²) in [4.78, 5) is 3.41. The van der Waals surface area contributed by atoms with Crippen molar-refractivity contribution in [2.75, 3.05) is 18.5 Å². The Balaban J connectivity index is 1.60. The first-order chi connectivity index (χ1) is 14.3. The van der Waals surface area contributed by atoms with E-state index >= 15 is 0 Å². The maximum absolute atomic E-state index is 14.0. The molecule has 0 spiro atoms. The van der Waals surface area contributed by atoms with Crippen LogP contribution in [0.5, 0.6) is 11.5 Å². The number of hydrogen-bond donors (Lipinski definition) is 1. The molecule has 4 aromatic rings. The highest BCUT2D eigenvalue weighted by Gasteiger charge is 2.19. The van der Waals surface area contributed by atoms with E-state index in [1.165, 1.54) is 6.07 Å². The largest absolute Gasteiger partial charge is 0.486 e. The van der Waals surface area contributed by atoms with Gasteiger partial charge in [0.25, 0.3) is 5.82 Å². The molecule has 2 N–H and O–H groups in total. The highest BCUT2D eigenvalue weighted by Crippen LogP contribution is 2.37. The van der Waals surface area contributed by atoms with Crippen molar-refractivity contribution < 1.29 is 18.8 Å². The zero-order valence-electron chi connectivity index (χ0n) is 15.7. The van der Waals surface area contributed by atoms with E-state index in [-0.39, 0.29) is 5.82 Å². The van der Waals surface area contributed by atoms with Crippen LogP contribution in [0, 0.1) is 5.82 Å². The van der Waals surface area contributed by atoms with Gasteiger partial charge in [-0.25, -0.2) is 9.37 Å². The second kappa shape index (κ2) is 7.43. The van der Waals surface area contributed by atoms with Crippen molar-refractivity contribution in [2.24, 2.45) is 0 Å². The molecule has 1 aliphatic heterocycles. The Bertz CT molecular complexity index is 1180. The van der Waals surface area contributed by atoms with Gasteiger partial charge in [-0.05, 0) is 17.7 Å². The standard InChI is InChI=1S/C24H19FN2O2/c25-20-9-5-4-8-17(20)15-26-24-13-18(16-6-2-1-3-7-16)19-12-22-23(14-21(19)27-24)29-11-10-28-22/h1-9,12-14H,10-11,15H2,(H,26,27)/p+1. The van der Waals surface area contributed by atoms with Gasteiger partial charge in [-0.15, -0.1) is 0 Å². The summed E-state index contributed by atoms with van der Waals surface area (Å²) in [5.41, 5.74) is 3.69. The molecule has 0 atom stereocenters. The van der Waals surface area contributed by atoms with E-state index in [9.17, 15) is 4.39 Å². The van der Waals surface area contributed by atoms with Crippen molar-refractivity contribution in [3.8, 4) is 22.6 Å². The first kappa shape index (κ1) is 17.5. The summed E-state index contributed by atoms with van der Waals surface area (Å²) in [6.07, 6.45) is 0. The fourth-order valence-corrected chi connectivity index (χ4v) is 3.60. The van der Waals surface area contributed by atoms with Crippen molar-refractivity contribution in [1.29, 1.82) is 0 Å². The molecule has 1 aromatic heterocycles. The lowest BCUT2D eigenvalue weighted by molar-refractivity contribution is -0.327. The Hall–Kier alpha value is -3.60. The van der Waals surface area contributed by atoms with Gasteiger partial charge in [0.1, 0.15) is 31.1 Å². The minimum Gasteiger partial charge on any atom is -0.486 e. The van der Waals surface area contributed by atoms with Crippen LogP contribution < -0.4 is 19.8 Å². The molecule has 0 saturated carbocycles. The molecule has 2 heterocycles. The van der Waals surface area contributed by atoms with E-state index in [1.807, 2.05) is 36.4 Å². The second-order valence-electron chi connectivity index (χ2n) is 6.95. The lowest BCUT2D eigenvalue weighted by atomic mass is 10.0. The number of pyridine rings is 1. The average Bonchev–Trinajstić information content (AvgIpc) is 2.77. The molecule has 0 fully saturated rings. The van der Waals surface area contributed by atoms with E-state index in [0.29, 0.717) is 25.3 Å². The molecule has 0 radical (unpaired) electrons. The third kappa shape index (κ3) is 3.47. The highest BCUT2D eigenvalue weighted by atomic mass is 19.1. The van der Waals surface area contributed by atoms with Crippen LogP contribution in [0.4, 0.5) is 10.2 Å². The lowest BCUT2D eigenvalue weighted by Gasteiger charge is -2.19. The summed E-state index contributed by atoms with van der Waals surface area (Å²) in [7, 11) is 0. The number of aromatic nitrogens is 1. The zero-order chi connectivity index (χ0) is 19.6. The van der Waals surface area contributed by atoms with Crippen molar-refractivity contribution in [2.45, 2.75) is 6.54 Å². The van der Waals surface area contributed by atoms with Gasteiger partial charge in [-0.1, -0.05) is 48.5 Å². The predicted octanol–water partition coefficient (Wildman–Crippen LogP) is 4.84. The summed E-state index contributed by atoms with van der Waals surface area (Å²) < 4.78 is 25.5. The van der Waals surface area contributed by atoms with Crippen LogP contribution in [0.15, 0.2) is 72.8 Å². The number of benzene rings is 3. The molecule has 5 heteroatoms. The average molecular weight is 387 g/mol. The zero-order valence-corrected chi connectivity index (χ0v) is 15.7. The number of rotatable bonds is 4. The summed E-state index contributed by atoms with van der Waals surface area (Å²) in [6, 6.07) is 23.0. The quantitative estimate of drug-likeness (QED) is 0.545. The van der Waals surface area contributed by atoms with E-state index in [4.69, 9.17) is 9.47 Å². The number of aromatic amines is 1. The lowest BCUT2D eigenvalue weighted by Crippen LogP contribution is -2.18. The summed E-state index contributed by atoms with van der Waals surface area (Å²) in [5.74, 6) is 2.06. The van der Waals surface area contributed by atoms with Crippen LogP contribution in [0.1, 0.15) is 5.56 Å². The molecule has 0 aliphatic carbocycles. The van der Waals surface area contributed by atoms with Gasteiger partial charge in [0.15, 0.2) is 11.5 Å². The summed E-state index contributed by atoms with van der Waals surface area (Å²) >= 11 is 0. The van der Waals surface area contributed by atoms with Crippen LogP contribution in [-0.4, -0.2) is 13.2 Å². The molecule has 144 valence electrons. The minimum atomic E-state index is -0.219. The van der Waals surface area contributed by atoms with Crippen LogP contribution in [0.2, 0.25) is 0 Å². The first-order valence-corrected chi connectivity index (χ1v) is 9.60. The van der Waals surface area contributed by atoms with Gasteiger partial charge in [-0.3, -0.25) is 5.32 Å². The van der Waals surface area contributed by atoms with Crippen molar-refractivity contribution in [3.63, 3.8) is 0 Å².